The summed E-state index contributed by atoms with van der Waals surface area (Å²) in [6.07, 6.45) is 0. The molecule has 1 amide bonds. The first-order valence-electron chi connectivity index (χ1n) is 4.40. The summed E-state index contributed by atoms with van der Waals surface area (Å²) in [5.41, 5.74) is 6.16. The second-order valence-corrected chi connectivity index (χ2v) is 5.01. The molecule has 0 spiro atoms. The number of hydrogen-bond donors (Lipinski definition) is 0. The molecule has 80 valence electrons. The molecular formula is C10H22KN2O-. The molecule has 0 fully saturated rings. The smallest absolute Gasteiger partial charge is 0.668 e. The van der Waals surface area contributed by atoms with Crippen molar-refractivity contribution in [2.45, 2.75) is 59.5 Å². The van der Waals surface area contributed by atoms with Crippen LogP contribution in [0.2, 0.25) is 0 Å². The standard InChI is InChI=1S/C8H18N.C2H5NO.K/c1-7(2,3)9-8(4,5)6;1-2(3)4;/h1-6H3;1H3,(H2,3,4);/q-1;;+1/p-1. The molecule has 0 radical (unpaired) electrons. The van der Waals surface area contributed by atoms with Crippen LogP contribution >= 0.6 is 0 Å². The van der Waals surface area contributed by atoms with Crippen LogP contribution in [-0.2, 0) is 4.79 Å². The number of carbonyl (C=O) groups excluding carboxylic acids is 1. The molecule has 1 N–H and O–H groups in total. The molecule has 0 heterocycles. The number of rotatable bonds is 0. The molecule has 0 aliphatic rings. The SMILES string of the molecule is CC(C)(C)[N-]C(C)(C)C.CC([NH-])=O.[K+]. The monoisotopic (exact) mass is 225 g/mol. The van der Waals surface area contributed by atoms with E-state index in [1.54, 1.807) is 0 Å². The van der Waals surface area contributed by atoms with Gasteiger partial charge in [0.05, 0.1) is 0 Å². The Labute approximate surface area is 131 Å². The molecule has 0 aromatic rings. The molecular weight excluding hydrogens is 203 g/mol. The minimum Gasteiger partial charge on any atom is -0.668 e. The van der Waals surface area contributed by atoms with Crippen LogP contribution in [0.4, 0.5) is 0 Å². The minimum atomic E-state index is -0.583. The number of carbonyl (C=O) groups is 1. The maximum absolute atomic E-state index is 9.11. The molecule has 0 unspecified atom stereocenters. The average Bonchev–Trinajstić information content (AvgIpc) is 1.47. The Morgan fingerprint density at radius 1 is 1.00 bits per heavy atom. The van der Waals surface area contributed by atoms with E-state index in [2.05, 4.69) is 46.9 Å². The Bertz CT molecular complexity index is 140. The fourth-order valence-corrected chi connectivity index (χ4v) is 1.01. The topological polar surface area (TPSA) is 55.0 Å². The van der Waals surface area contributed by atoms with Gasteiger partial charge in [0.25, 0.3) is 0 Å². The van der Waals surface area contributed by atoms with Crippen LogP contribution in [0.1, 0.15) is 48.5 Å². The summed E-state index contributed by atoms with van der Waals surface area (Å²) in [5.74, 6) is -0.583. The van der Waals surface area contributed by atoms with Gasteiger partial charge < -0.3 is 15.8 Å². The summed E-state index contributed by atoms with van der Waals surface area (Å²) in [6, 6.07) is 0. The van der Waals surface area contributed by atoms with E-state index in [1.807, 2.05) is 0 Å². The molecule has 0 aromatic heterocycles. The second-order valence-electron chi connectivity index (χ2n) is 5.01. The van der Waals surface area contributed by atoms with Gasteiger partial charge in [-0.1, -0.05) is 41.5 Å². The number of nitrogens with zero attached hydrogens (tertiary/aromatic N) is 1. The number of nitrogens with one attached hydrogen (secondary N) is 1. The first-order chi connectivity index (χ1) is 5.44. The molecule has 4 heteroatoms. The molecule has 14 heavy (non-hydrogen) atoms. The van der Waals surface area contributed by atoms with Crippen molar-refractivity contribution in [1.29, 1.82) is 0 Å². The van der Waals surface area contributed by atoms with Gasteiger partial charge >= 0.3 is 51.4 Å². The van der Waals surface area contributed by atoms with Crippen molar-refractivity contribution in [2.24, 2.45) is 0 Å². The summed E-state index contributed by atoms with van der Waals surface area (Å²) in [5, 5.41) is 4.54. The molecule has 0 bridgehead atoms. The Morgan fingerprint density at radius 3 is 1.14 bits per heavy atom. The largest absolute Gasteiger partial charge is 1.00 e. The van der Waals surface area contributed by atoms with E-state index >= 15 is 0 Å². The fraction of sp³-hybridized carbons (Fsp3) is 0.900. The fourth-order valence-electron chi connectivity index (χ4n) is 1.01. The molecule has 0 aliphatic carbocycles. The zero-order chi connectivity index (χ0) is 11.3. The Morgan fingerprint density at radius 2 is 1.14 bits per heavy atom. The van der Waals surface area contributed by atoms with Gasteiger partial charge in [0, 0.05) is 5.91 Å². The first-order valence-corrected chi connectivity index (χ1v) is 4.40. The Balaban J connectivity index is -0.000000209. The molecule has 0 aliphatic heterocycles. The Hall–Kier alpha value is 1.07. The van der Waals surface area contributed by atoms with E-state index in [1.165, 1.54) is 6.92 Å². The van der Waals surface area contributed by atoms with E-state index in [9.17, 15) is 0 Å². The summed E-state index contributed by atoms with van der Waals surface area (Å²) in [4.78, 5) is 9.11. The van der Waals surface area contributed by atoms with Crippen LogP contribution in [0.3, 0.4) is 0 Å². The third-order valence-corrected chi connectivity index (χ3v) is 0.671. The first kappa shape index (κ1) is 20.5. The van der Waals surface area contributed by atoms with Crippen molar-refractivity contribution in [3.05, 3.63) is 11.1 Å². The van der Waals surface area contributed by atoms with Crippen molar-refractivity contribution in [2.75, 3.05) is 0 Å². The average molecular weight is 225 g/mol. The van der Waals surface area contributed by atoms with Gasteiger partial charge in [-0.05, 0) is 6.92 Å². The van der Waals surface area contributed by atoms with E-state index in [4.69, 9.17) is 10.5 Å². The Kier molecular flexibility index (Phi) is 12.1. The predicted molar refractivity (Wildman–Crippen MR) is 57.9 cm³/mol. The maximum Gasteiger partial charge on any atom is 1.00 e. The van der Waals surface area contributed by atoms with Gasteiger partial charge in [0.2, 0.25) is 0 Å². The second kappa shape index (κ2) is 8.25. The van der Waals surface area contributed by atoms with Gasteiger partial charge in [-0.2, -0.15) is 0 Å². The predicted octanol–water partition coefficient (Wildman–Crippen LogP) is 0.546. The molecule has 0 rings (SSSR count). The summed E-state index contributed by atoms with van der Waals surface area (Å²) in [7, 11) is 0. The van der Waals surface area contributed by atoms with E-state index < -0.39 is 5.91 Å². The van der Waals surface area contributed by atoms with Gasteiger partial charge in [0.15, 0.2) is 0 Å². The summed E-state index contributed by atoms with van der Waals surface area (Å²) >= 11 is 0. The van der Waals surface area contributed by atoms with Gasteiger partial charge in [-0.15, -0.1) is 11.1 Å². The molecule has 0 atom stereocenters. The van der Waals surface area contributed by atoms with Crippen molar-refractivity contribution < 1.29 is 56.2 Å². The van der Waals surface area contributed by atoms with E-state index in [0.29, 0.717) is 0 Å². The zero-order valence-corrected chi connectivity index (χ0v) is 14.0. The van der Waals surface area contributed by atoms with Crippen LogP contribution < -0.4 is 51.4 Å². The van der Waals surface area contributed by atoms with Gasteiger partial charge in [-0.25, -0.2) is 0 Å². The van der Waals surface area contributed by atoms with Crippen molar-refractivity contribution in [1.82, 2.24) is 0 Å². The van der Waals surface area contributed by atoms with Gasteiger partial charge in [0.1, 0.15) is 0 Å². The summed E-state index contributed by atoms with van der Waals surface area (Å²) in [6.45, 7) is 13.9. The van der Waals surface area contributed by atoms with Crippen molar-refractivity contribution >= 4 is 5.91 Å². The molecule has 0 aromatic carbocycles. The van der Waals surface area contributed by atoms with E-state index in [-0.39, 0.29) is 62.5 Å². The van der Waals surface area contributed by atoms with Gasteiger partial charge in [-0.3, -0.25) is 0 Å². The normalized spacial score (nSPS) is 10.8. The van der Waals surface area contributed by atoms with E-state index in [0.717, 1.165) is 0 Å². The van der Waals surface area contributed by atoms with Crippen molar-refractivity contribution in [3.8, 4) is 0 Å². The third-order valence-electron chi connectivity index (χ3n) is 0.671. The van der Waals surface area contributed by atoms with Crippen LogP contribution in [-0.4, -0.2) is 17.0 Å². The third kappa shape index (κ3) is 38.1. The van der Waals surface area contributed by atoms with Crippen LogP contribution in [0.25, 0.3) is 11.1 Å². The summed E-state index contributed by atoms with van der Waals surface area (Å²) < 4.78 is 0. The maximum atomic E-state index is 9.11. The number of amides is 1. The zero-order valence-electron chi connectivity index (χ0n) is 10.9. The van der Waals surface area contributed by atoms with Crippen LogP contribution in [0, 0.1) is 0 Å². The molecule has 0 saturated carbocycles. The van der Waals surface area contributed by atoms with Crippen molar-refractivity contribution in [3.63, 3.8) is 0 Å². The quantitative estimate of drug-likeness (QED) is 0.555. The molecule has 0 saturated heterocycles. The minimum absolute atomic E-state index is 0. The number of hydrogen-bond acceptors (Lipinski definition) is 1. The molecule has 3 nitrogen and oxygen atoms in total. The van der Waals surface area contributed by atoms with Crippen LogP contribution in [0.5, 0.6) is 0 Å². The van der Waals surface area contributed by atoms with Crippen LogP contribution in [0.15, 0.2) is 0 Å².